The number of carbonyl (C=O) groups is 3. The molecule has 0 heterocycles. The topological polar surface area (TPSA) is 51.2 Å². The van der Waals surface area contributed by atoms with E-state index in [2.05, 4.69) is 0 Å². The third-order valence-electron chi connectivity index (χ3n) is 7.00. The summed E-state index contributed by atoms with van der Waals surface area (Å²) in [5.74, 6) is -1.89. The summed E-state index contributed by atoms with van der Waals surface area (Å²) in [5, 5.41) is 0. The van der Waals surface area contributed by atoms with E-state index in [-0.39, 0.29) is 29.7 Å². The standard InChI is InChI=1S/C32H26O3/c1-21-16-18-24(19-17-21)32(35)29-26-15-9-8-14-25(26)27(20-28(33)22-10-4-2-5-11-22)30(29)31(34)23-12-6-3-7-13-23/h2-19,27,29-30H,20H2,1H3/t27-,29-,30-/m1/s1. The van der Waals surface area contributed by atoms with Gasteiger partial charge in [0.1, 0.15) is 0 Å². The monoisotopic (exact) mass is 458 g/mol. The minimum absolute atomic E-state index is 0.0281. The zero-order valence-electron chi connectivity index (χ0n) is 19.6. The summed E-state index contributed by atoms with van der Waals surface area (Å²) in [5.41, 5.74) is 4.58. The zero-order chi connectivity index (χ0) is 24.4. The molecule has 3 nitrogen and oxygen atoms in total. The van der Waals surface area contributed by atoms with Gasteiger partial charge in [-0.2, -0.15) is 0 Å². The van der Waals surface area contributed by atoms with Crippen molar-refractivity contribution in [3.05, 3.63) is 143 Å². The van der Waals surface area contributed by atoms with Crippen molar-refractivity contribution in [3.63, 3.8) is 0 Å². The van der Waals surface area contributed by atoms with Gasteiger partial charge in [0.15, 0.2) is 17.3 Å². The van der Waals surface area contributed by atoms with E-state index in [9.17, 15) is 14.4 Å². The molecule has 0 aromatic heterocycles. The molecule has 0 amide bonds. The van der Waals surface area contributed by atoms with Crippen molar-refractivity contribution in [1.29, 1.82) is 0 Å². The summed E-state index contributed by atoms with van der Waals surface area (Å²) in [6.45, 7) is 1.98. The Morgan fingerprint density at radius 2 is 1.09 bits per heavy atom. The minimum Gasteiger partial charge on any atom is -0.294 e. The molecular formula is C32H26O3. The Kier molecular flexibility index (Phi) is 6.24. The lowest BCUT2D eigenvalue weighted by molar-refractivity contribution is 0.0799. The molecule has 0 saturated heterocycles. The highest BCUT2D eigenvalue weighted by Gasteiger charge is 2.48. The highest BCUT2D eigenvalue weighted by Crippen LogP contribution is 2.51. The van der Waals surface area contributed by atoms with Gasteiger partial charge < -0.3 is 0 Å². The van der Waals surface area contributed by atoms with Gasteiger partial charge >= 0.3 is 0 Å². The average Bonchev–Trinajstić information content (AvgIpc) is 3.23. The molecule has 4 aromatic carbocycles. The van der Waals surface area contributed by atoms with Crippen LogP contribution in [0, 0.1) is 12.8 Å². The molecule has 0 radical (unpaired) electrons. The molecule has 0 fully saturated rings. The number of aryl methyl sites for hydroxylation is 1. The van der Waals surface area contributed by atoms with Crippen LogP contribution < -0.4 is 0 Å². The maximum Gasteiger partial charge on any atom is 0.171 e. The van der Waals surface area contributed by atoms with E-state index in [0.29, 0.717) is 16.7 Å². The Labute approximate surface area is 205 Å². The second-order valence-corrected chi connectivity index (χ2v) is 9.19. The number of benzene rings is 4. The first-order chi connectivity index (χ1) is 17.0. The van der Waals surface area contributed by atoms with Gasteiger partial charge in [-0.15, -0.1) is 0 Å². The smallest absolute Gasteiger partial charge is 0.171 e. The second-order valence-electron chi connectivity index (χ2n) is 9.19. The van der Waals surface area contributed by atoms with Crippen molar-refractivity contribution >= 4 is 17.3 Å². The van der Waals surface area contributed by atoms with Crippen LogP contribution >= 0.6 is 0 Å². The molecule has 1 aliphatic carbocycles. The highest BCUT2D eigenvalue weighted by molar-refractivity contribution is 6.09. The minimum atomic E-state index is -0.656. The Hall–Kier alpha value is -4.11. The van der Waals surface area contributed by atoms with Crippen molar-refractivity contribution in [2.45, 2.75) is 25.2 Å². The number of fused-ring (bicyclic) bond motifs is 1. The Morgan fingerprint density at radius 3 is 1.71 bits per heavy atom. The molecule has 3 heteroatoms. The van der Waals surface area contributed by atoms with Crippen LogP contribution in [0.2, 0.25) is 0 Å². The Bertz CT molecular complexity index is 1370. The van der Waals surface area contributed by atoms with Crippen LogP contribution in [-0.4, -0.2) is 17.3 Å². The largest absolute Gasteiger partial charge is 0.294 e. The van der Waals surface area contributed by atoms with Gasteiger partial charge in [0, 0.05) is 34.9 Å². The van der Waals surface area contributed by atoms with Gasteiger partial charge in [-0.3, -0.25) is 14.4 Å². The van der Waals surface area contributed by atoms with E-state index in [0.717, 1.165) is 16.7 Å². The van der Waals surface area contributed by atoms with E-state index in [1.165, 1.54) is 0 Å². The van der Waals surface area contributed by atoms with Crippen LogP contribution in [0.15, 0.2) is 109 Å². The predicted molar refractivity (Wildman–Crippen MR) is 137 cm³/mol. The van der Waals surface area contributed by atoms with Gasteiger partial charge in [0.05, 0.1) is 5.92 Å². The maximum absolute atomic E-state index is 14.0. The first kappa shape index (κ1) is 22.7. The van der Waals surface area contributed by atoms with Crippen molar-refractivity contribution in [3.8, 4) is 0 Å². The maximum atomic E-state index is 14.0. The summed E-state index contributed by atoms with van der Waals surface area (Å²) < 4.78 is 0. The summed E-state index contributed by atoms with van der Waals surface area (Å²) in [6.07, 6.45) is 0.169. The Morgan fingerprint density at radius 1 is 0.571 bits per heavy atom. The SMILES string of the molecule is Cc1ccc(C(=O)[C@@H]2c3ccccc3[C@@H](CC(=O)c3ccccc3)[C@H]2C(=O)c2ccccc2)cc1. The molecule has 0 unspecified atom stereocenters. The summed E-state index contributed by atoms with van der Waals surface area (Å²) in [4.78, 5) is 41.2. The zero-order valence-corrected chi connectivity index (χ0v) is 19.6. The second kappa shape index (κ2) is 9.63. The number of ketones is 3. The quantitative estimate of drug-likeness (QED) is 0.285. The van der Waals surface area contributed by atoms with Crippen LogP contribution in [0.25, 0.3) is 0 Å². The van der Waals surface area contributed by atoms with Crippen LogP contribution in [0.1, 0.15) is 66.0 Å². The lowest BCUT2D eigenvalue weighted by atomic mass is 9.76. The molecule has 0 aliphatic heterocycles. The molecule has 1 aliphatic rings. The lowest BCUT2D eigenvalue weighted by Gasteiger charge is -2.24. The van der Waals surface area contributed by atoms with Crippen LogP contribution in [0.4, 0.5) is 0 Å². The number of hydrogen-bond donors (Lipinski definition) is 0. The molecule has 0 spiro atoms. The molecule has 0 bridgehead atoms. The summed E-state index contributed by atoms with van der Waals surface area (Å²) >= 11 is 0. The lowest BCUT2D eigenvalue weighted by Crippen LogP contribution is -2.29. The Balaban J connectivity index is 1.61. The van der Waals surface area contributed by atoms with Gasteiger partial charge in [0.2, 0.25) is 0 Å². The van der Waals surface area contributed by atoms with Gasteiger partial charge in [-0.05, 0) is 18.1 Å². The summed E-state index contributed by atoms with van der Waals surface area (Å²) in [6, 6.07) is 33.5. The summed E-state index contributed by atoms with van der Waals surface area (Å²) in [7, 11) is 0. The van der Waals surface area contributed by atoms with E-state index >= 15 is 0 Å². The van der Waals surface area contributed by atoms with Gasteiger partial charge in [-0.1, -0.05) is 115 Å². The van der Waals surface area contributed by atoms with E-state index in [1.54, 1.807) is 24.3 Å². The number of hydrogen-bond acceptors (Lipinski definition) is 3. The number of Topliss-reactive ketones (excluding diaryl/α,β-unsaturated/α-hetero) is 3. The van der Waals surface area contributed by atoms with Crippen molar-refractivity contribution < 1.29 is 14.4 Å². The number of carbonyl (C=O) groups excluding carboxylic acids is 3. The predicted octanol–water partition coefficient (Wildman–Crippen LogP) is 6.83. The molecule has 35 heavy (non-hydrogen) atoms. The first-order valence-corrected chi connectivity index (χ1v) is 11.9. The molecule has 4 aromatic rings. The third kappa shape index (κ3) is 4.38. The van der Waals surface area contributed by atoms with Crippen molar-refractivity contribution in [2.75, 3.05) is 0 Å². The van der Waals surface area contributed by atoms with E-state index < -0.39 is 11.8 Å². The third-order valence-corrected chi connectivity index (χ3v) is 7.00. The fourth-order valence-corrected chi connectivity index (χ4v) is 5.26. The average molecular weight is 459 g/mol. The van der Waals surface area contributed by atoms with Crippen LogP contribution in [0.3, 0.4) is 0 Å². The molecule has 172 valence electrons. The van der Waals surface area contributed by atoms with Crippen LogP contribution in [0.5, 0.6) is 0 Å². The van der Waals surface area contributed by atoms with Gasteiger partial charge in [-0.25, -0.2) is 0 Å². The van der Waals surface area contributed by atoms with Gasteiger partial charge in [0.25, 0.3) is 0 Å². The highest BCUT2D eigenvalue weighted by atomic mass is 16.1. The molecule has 0 saturated carbocycles. The van der Waals surface area contributed by atoms with Crippen molar-refractivity contribution in [1.82, 2.24) is 0 Å². The van der Waals surface area contributed by atoms with Crippen LogP contribution in [-0.2, 0) is 0 Å². The first-order valence-electron chi connectivity index (χ1n) is 11.9. The molecule has 5 rings (SSSR count). The molecular weight excluding hydrogens is 432 g/mol. The fourth-order valence-electron chi connectivity index (χ4n) is 5.26. The molecule has 0 N–H and O–H groups in total. The normalized spacial score (nSPS) is 18.6. The van der Waals surface area contributed by atoms with E-state index in [4.69, 9.17) is 0 Å². The molecule has 3 atom stereocenters. The van der Waals surface area contributed by atoms with Crippen molar-refractivity contribution in [2.24, 2.45) is 5.92 Å². The van der Waals surface area contributed by atoms with E-state index in [1.807, 2.05) is 91.9 Å². The number of rotatable bonds is 7. The fraction of sp³-hybridized carbons (Fsp3) is 0.156.